The lowest BCUT2D eigenvalue weighted by Gasteiger charge is -2.29. The third-order valence-corrected chi connectivity index (χ3v) is 6.16. The monoisotopic (exact) mass is 437 g/mol. The number of nitrogens with one attached hydrogen (secondary N) is 1. The number of rotatable bonds is 5. The number of nitrogens with zero attached hydrogens (tertiary/aromatic N) is 2. The van der Waals surface area contributed by atoms with Crippen LogP contribution in [0.4, 0.5) is 11.4 Å². The number of hydrogen-bond donors (Lipinski definition) is 1. The maximum Gasteiger partial charge on any atom is 0.171 e. The number of methoxy groups -OCH3 is 1. The molecule has 1 N–H and O–H groups in total. The Morgan fingerprint density at radius 3 is 2.55 bits per heavy atom. The molecule has 1 saturated heterocycles. The topological polar surface area (TPSA) is 57.7 Å². The molecule has 2 aromatic rings. The first-order valence-electron chi connectivity index (χ1n) is 10.5. The van der Waals surface area contributed by atoms with Crippen molar-refractivity contribution in [1.29, 1.82) is 0 Å². The smallest absolute Gasteiger partial charge is 0.171 e. The minimum absolute atomic E-state index is 0.0524. The van der Waals surface area contributed by atoms with E-state index < -0.39 is 5.41 Å². The van der Waals surface area contributed by atoms with Crippen molar-refractivity contribution in [1.82, 2.24) is 4.98 Å². The minimum Gasteiger partial charge on any atom is -0.497 e. The molecule has 164 valence electrons. The van der Waals surface area contributed by atoms with Crippen LogP contribution in [-0.4, -0.2) is 48.2 Å². The number of thioether (sulfide) groups is 1. The number of aromatic nitrogens is 1. The van der Waals surface area contributed by atoms with Gasteiger partial charge in [0, 0.05) is 59.2 Å². The van der Waals surface area contributed by atoms with Crippen LogP contribution in [0.3, 0.4) is 0 Å². The van der Waals surface area contributed by atoms with Crippen LogP contribution in [-0.2, 0) is 0 Å². The summed E-state index contributed by atoms with van der Waals surface area (Å²) in [6.07, 6.45) is 1.75. The number of anilines is 1. The van der Waals surface area contributed by atoms with Crippen molar-refractivity contribution < 1.29 is 9.53 Å². The average Bonchev–Trinajstić information content (AvgIpc) is 3.12. The summed E-state index contributed by atoms with van der Waals surface area (Å²) < 4.78 is 5.58. The van der Waals surface area contributed by atoms with Crippen LogP contribution in [0.2, 0.25) is 0 Å². The van der Waals surface area contributed by atoms with Crippen molar-refractivity contribution in [3.63, 3.8) is 0 Å². The molecule has 0 amide bonds. The van der Waals surface area contributed by atoms with E-state index in [1.54, 1.807) is 20.2 Å². The number of aryl methyl sites for hydroxylation is 1. The number of Topliss-reactive ketones (excluding diaryl/α,β-unsaturated/α-hetero) is 1. The standard InChI is InChI=1S/C25H31N3O2S/c1-7-8-22(27-23-17(2)26-16-21(23)24(29)25(3,4)5)18-13-19(15-20(14-18)30-6)28-9-11-31-12-10-28/h13-16,26H,9-12H2,1-6H3. The molecule has 5 nitrogen and oxygen atoms in total. The Morgan fingerprint density at radius 2 is 1.94 bits per heavy atom. The molecule has 3 rings (SSSR count). The zero-order chi connectivity index (χ0) is 22.6. The van der Waals surface area contributed by atoms with Gasteiger partial charge in [0.2, 0.25) is 0 Å². The van der Waals surface area contributed by atoms with Gasteiger partial charge in [-0.25, -0.2) is 4.99 Å². The molecule has 6 heteroatoms. The molecule has 0 aliphatic carbocycles. The molecule has 0 radical (unpaired) electrons. The Kier molecular flexibility index (Phi) is 7.17. The highest BCUT2D eigenvalue weighted by Gasteiger charge is 2.27. The van der Waals surface area contributed by atoms with Crippen LogP contribution in [0, 0.1) is 24.2 Å². The summed E-state index contributed by atoms with van der Waals surface area (Å²) in [7, 11) is 1.67. The van der Waals surface area contributed by atoms with Crippen molar-refractivity contribution >= 4 is 34.6 Å². The molecule has 1 aromatic carbocycles. The number of ketones is 1. The van der Waals surface area contributed by atoms with Crippen LogP contribution >= 0.6 is 11.8 Å². The highest BCUT2D eigenvalue weighted by molar-refractivity contribution is 7.99. The average molecular weight is 438 g/mol. The van der Waals surface area contributed by atoms with Gasteiger partial charge in [-0.05, 0) is 31.9 Å². The summed E-state index contributed by atoms with van der Waals surface area (Å²) in [6, 6.07) is 6.14. The van der Waals surface area contributed by atoms with E-state index in [9.17, 15) is 4.79 Å². The second kappa shape index (κ2) is 9.65. The van der Waals surface area contributed by atoms with Gasteiger partial charge in [0.1, 0.15) is 11.5 Å². The first-order chi connectivity index (χ1) is 14.7. The van der Waals surface area contributed by atoms with E-state index in [1.165, 1.54) is 0 Å². The third kappa shape index (κ3) is 5.34. The molecule has 0 unspecified atom stereocenters. The fourth-order valence-corrected chi connectivity index (χ4v) is 4.38. The van der Waals surface area contributed by atoms with Gasteiger partial charge in [-0.3, -0.25) is 4.79 Å². The molecule has 0 saturated carbocycles. The Labute approximate surface area is 189 Å². The van der Waals surface area contributed by atoms with Gasteiger partial charge in [-0.15, -0.1) is 0 Å². The van der Waals surface area contributed by atoms with Gasteiger partial charge in [0.25, 0.3) is 0 Å². The normalized spacial score (nSPS) is 14.8. The second-order valence-corrected chi connectivity index (χ2v) is 9.83. The lowest BCUT2D eigenvalue weighted by molar-refractivity contribution is 0.0859. The summed E-state index contributed by atoms with van der Waals surface area (Å²) in [5.41, 5.74) is 4.21. The minimum atomic E-state index is -0.495. The van der Waals surface area contributed by atoms with Crippen LogP contribution in [0.1, 0.15) is 49.3 Å². The molecule has 1 aromatic heterocycles. The summed E-state index contributed by atoms with van der Waals surface area (Å²) in [6.45, 7) is 11.5. The summed E-state index contributed by atoms with van der Waals surface area (Å²) in [5.74, 6) is 9.18. The largest absolute Gasteiger partial charge is 0.497 e. The number of benzene rings is 1. The summed E-state index contributed by atoms with van der Waals surface area (Å²) in [4.78, 5) is 23.4. The van der Waals surface area contributed by atoms with Crippen molar-refractivity contribution in [3.8, 4) is 17.6 Å². The van der Waals surface area contributed by atoms with E-state index in [-0.39, 0.29) is 5.78 Å². The number of hydrogen-bond acceptors (Lipinski definition) is 5. The summed E-state index contributed by atoms with van der Waals surface area (Å²) >= 11 is 1.98. The molecule has 31 heavy (non-hydrogen) atoms. The molecular weight excluding hydrogens is 406 g/mol. The van der Waals surface area contributed by atoms with E-state index in [2.05, 4.69) is 33.9 Å². The fourth-order valence-electron chi connectivity index (χ4n) is 3.48. The molecule has 2 heterocycles. The van der Waals surface area contributed by atoms with Gasteiger partial charge in [0.15, 0.2) is 5.78 Å². The Hall–Kier alpha value is -2.65. The highest BCUT2D eigenvalue weighted by atomic mass is 32.2. The van der Waals surface area contributed by atoms with Crippen LogP contribution < -0.4 is 9.64 Å². The number of ether oxygens (including phenoxy) is 1. The predicted octanol–water partition coefficient (Wildman–Crippen LogP) is 5.26. The SMILES string of the molecule is CC#CC(=Nc1c(C(=O)C(C)(C)C)c[nH]c1C)c1cc(OC)cc(N2CCSCC2)c1. The number of aliphatic imine (C=N–C) groups is 1. The summed E-state index contributed by atoms with van der Waals surface area (Å²) in [5, 5.41) is 0. The fraction of sp³-hybridized carbons (Fsp3) is 0.440. The van der Waals surface area contributed by atoms with Crippen LogP contribution in [0.15, 0.2) is 29.4 Å². The number of aromatic amines is 1. The number of carbonyl (C=O) groups is 1. The second-order valence-electron chi connectivity index (χ2n) is 8.61. The van der Waals surface area contributed by atoms with Gasteiger partial charge < -0.3 is 14.6 Å². The molecular formula is C25H31N3O2S. The molecule has 1 aliphatic heterocycles. The predicted molar refractivity (Wildman–Crippen MR) is 131 cm³/mol. The molecule has 0 bridgehead atoms. The van der Waals surface area contributed by atoms with Crippen molar-refractivity contribution in [2.45, 2.75) is 34.6 Å². The first kappa shape index (κ1) is 23.0. The third-order valence-electron chi connectivity index (χ3n) is 5.21. The maximum atomic E-state index is 13.0. The van der Waals surface area contributed by atoms with E-state index in [4.69, 9.17) is 9.73 Å². The van der Waals surface area contributed by atoms with Crippen LogP contribution in [0.5, 0.6) is 5.75 Å². The lowest BCUT2D eigenvalue weighted by atomic mass is 9.87. The first-order valence-corrected chi connectivity index (χ1v) is 11.7. The zero-order valence-electron chi connectivity index (χ0n) is 19.3. The quantitative estimate of drug-likeness (QED) is 0.394. The van der Waals surface area contributed by atoms with Crippen molar-refractivity contribution in [2.75, 3.05) is 36.6 Å². The Balaban J connectivity index is 2.11. The molecule has 1 fully saturated rings. The zero-order valence-corrected chi connectivity index (χ0v) is 20.1. The molecule has 0 atom stereocenters. The van der Waals surface area contributed by atoms with Gasteiger partial charge in [-0.2, -0.15) is 11.8 Å². The van der Waals surface area contributed by atoms with E-state index in [1.807, 2.05) is 45.5 Å². The lowest BCUT2D eigenvalue weighted by Crippen LogP contribution is -2.32. The molecule has 1 aliphatic rings. The maximum absolute atomic E-state index is 13.0. The van der Waals surface area contributed by atoms with Crippen molar-refractivity contribution in [2.24, 2.45) is 10.4 Å². The van der Waals surface area contributed by atoms with Gasteiger partial charge >= 0.3 is 0 Å². The van der Waals surface area contributed by atoms with Crippen LogP contribution in [0.25, 0.3) is 0 Å². The van der Waals surface area contributed by atoms with Gasteiger partial charge in [0.05, 0.1) is 18.4 Å². The Morgan fingerprint density at radius 1 is 1.23 bits per heavy atom. The van der Waals surface area contributed by atoms with E-state index in [0.29, 0.717) is 17.0 Å². The number of carbonyl (C=O) groups excluding carboxylic acids is 1. The Bertz CT molecular complexity index is 1040. The van der Waals surface area contributed by atoms with Gasteiger partial charge in [-0.1, -0.05) is 26.7 Å². The highest BCUT2D eigenvalue weighted by Crippen LogP contribution is 2.32. The van der Waals surface area contributed by atoms with E-state index in [0.717, 1.165) is 47.3 Å². The van der Waals surface area contributed by atoms with Crippen molar-refractivity contribution in [3.05, 3.63) is 41.2 Å². The number of H-pyrrole nitrogens is 1. The molecule has 0 spiro atoms. The van der Waals surface area contributed by atoms with E-state index >= 15 is 0 Å².